The Morgan fingerprint density at radius 2 is 1.73 bits per heavy atom. The lowest BCUT2D eigenvalue weighted by Gasteiger charge is -2.26. The van der Waals surface area contributed by atoms with E-state index in [4.69, 9.17) is 0 Å². The van der Waals surface area contributed by atoms with E-state index in [1.807, 2.05) is 48.5 Å². The van der Waals surface area contributed by atoms with Crippen LogP contribution in [0.4, 0.5) is 11.5 Å². The first-order valence-corrected chi connectivity index (χ1v) is 11.3. The van der Waals surface area contributed by atoms with Crippen molar-refractivity contribution in [3.05, 3.63) is 107 Å². The van der Waals surface area contributed by atoms with Crippen LogP contribution in [-0.2, 0) is 6.42 Å². The number of fused-ring (bicyclic) bond motifs is 1. The molecule has 1 aliphatic rings. The van der Waals surface area contributed by atoms with Crippen LogP contribution in [0.1, 0.15) is 45.9 Å². The maximum Gasteiger partial charge on any atom is 0.251 e. The largest absolute Gasteiger partial charge is 0.345 e. The average molecular weight is 435 g/mol. The second-order valence-corrected chi connectivity index (χ2v) is 8.45. The number of nitrogens with one attached hydrogen (secondary N) is 2. The molecule has 0 spiro atoms. The zero-order chi connectivity index (χ0) is 22.6. The number of amides is 1. The highest BCUT2D eigenvalue weighted by molar-refractivity contribution is 5.94. The van der Waals surface area contributed by atoms with Gasteiger partial charge in [-0.25, -0.2) is 9.97 Å². The van der Waals surface area contributed by atoms with Crippen molar-refractivity contribution in [2.45, 2.75) is 32.2 Å². The Hall–Kier alpha value is -3.99. The summed E-state index contributed by atoms with van der Waals surface area (Å²) in [5.41, 5.74) is 6.26. The second kappa shape index (κ2) is 9.25. The summed E-state index contributed by atoms with van der Waals surface area (Å²) in [6.45, 7) is 2.06. The fraction of sp³-hybridized carbons (Fsp3) is 0.179. The first-order valence-electron chi connectivity index (χ1n) is 11.3. The van der Waals surface area contributed by atoms with Gasteiger partial charge < -0.3 is 10.6 Å². The minimum Gasteiger partial charge on any atom is -0.345 e. The molecule has 0 radical (unpaired) electrons. The van der Waals surface area contributed by atoms with Gasteiger partial charge in [0.1, 0.15) is 5.82 Å². The summed E-state index contributed by atoms with van der Waals surface area (Å²) in [6.07, 6.45) is 4.89. The first-order chi connectivity index (χ1) is 16.2. The molecular formula is C28H26N4O. The Balaban J connectivity index is 1.26. The van der Waals surface area contributed by atoms with Crippen LogP contribution in [0.3, 0.4) is 0 Å². The molecule has 4 aromatic rings. The standard InChI is InChI=1S/C28H26N4O/c1-19-9-11-21(12-10-19)27-29-18-17-26(32-27)30-23-15-13-22(14-16-23)28(33)31-25-8-4-6-20-5-2-3-7-24(20)25/h2-3,5,7,9-18,25H,4,6,8H2,1H3,(H,31,33)(H,29,30,32)/t25-/m1/s1. The average Bonchev–Trinajstić information content (AvgIpc) is 2.85. The van der Waals surface area contributed by atoms with Crippen molar-refractivity contribution in [3.8, 4) is 11.4 Å². The molecule has 1 atom stereocenters. The Bertz CT molecular complexity index is 1270. The number of rotatable bonds is 5. The second-order valence-electron chi connectivity index (χ2n) is 8.45. The minimum absolute atomic E-state index is 0.0491. The van der Waals surface area contributed by atoms with Gasteiger partial charge in [0.25, 0.3) is 5.91 Å². The first kappa shape index (κ1) is 20.9. The van der Waals surface area contributed by atoms with E-state index in [0.29, 0.717) is 17.2 Å². The Morgan fingerprint density at radius 1 is 0.939 bits per heavy atom. The Morgan fingerprint density at radius 3 is 2.55 bits per heavy atom. The molecule has 0 unspecified atom stereocenters. The van der Waals surface area contributed by atoms with Gasteiger partial charge in [-0.1, -0.05) is 54.1 Å². The van der Waals surface area contributed by atoms with Gasteiger partial charge in [0, 0.05) is 23.0 Å². The van der Waals surface area contributed by atoms with Crippen LogP contribution >= 0.6 is 0 Å². The molecule has 0 saturated heterocycles. The molecule has 1 aliphatic carbocycles. The molecule has 164 valence electrons. The predicted octanol–water partition coefficient (Wildman–Crippen LogP) is 6.00. The molecule has 1 aromatic heterocycles. The highest BCUT2D eigenvalue weighted by Gasteiger charge is 2.21. The number of hydrogen-bond acceptors (Lipinski definition) is 4. The number of carbonyl (C=O) groups is 1. The third-order valence-electron chi connectivity index (χ3n) is 6.06. The Kier molecular flexibility index (Phi) is 5.85. The molecule has 2 N–H and O–H groups in total. The monoisotopic (exact) mass is 434 g/mol. The number of nitrogens with zero attached hydrogens (tertiary/aromatic N) is 2. The van der Waals surface area contributed by atoms with Crippen LogP contribution in [0.25, 0.3) is 11.4 Å². The molecule has 0 bridgehead atoms. The van der Waals surface area contributed by atoms with E-state index in [-0.39, 0.29) is 11.9 Å². The zero-order valence-electron chi connectivity index (χ0n) is 18.6. The van der Waals surface area contributed by atoms with E-state index in [2.05, 4.69) is 57.9 Å². The van der Waals surface area contributed by atoms with Gasteiger partial charge in [0.2, 0.25) is 0 Å². The number of carbonyl (C=O) groups excluding carboxylic acids is 1. The Labute approximate surface area is 193 Å². The van der Waals surface area contributed by atoms with Crippen molar-refractivity contribution in [2.24, 2.45) is 0 Å². The van der Waals surface area contributed by atoms with Crippen LogP contribution in [0, 0.1) is 6.92 Å². The molecule has 33 heavy (non-hydrogen) atoms. The van der Waals surface area contributed by atoms with Crippen LogP contribution < -0.4 is 10.6 Å². The third kappa shape index (κ3) is 4.77. The lowest BCUT2D eigenvalue weighted by molar-refractivity contribution is 0.0933. The fourth-order valence-corrected chi connectivity index (χ4v) is 4.27. The van der Waals surface area contributed by atoms with Crippen molar-refractivity contribution in [3.63, 3.8) is 0 Å². The van der Waals surface area contributed by atoms with E-state index < -0.39 is 0 Å². The molecular weight excluding hydrogens is 408 g/mol. The van der Waals surface area contributed by atoms with E-state index >= 15 is 0 Å². The molecule has 0 fully saturated rings. The van der Waals surface area contributed by atoms with Gasteiger partial charge in [-0.3, -0.25) is 4.79 Å². The summed E-state index contributed by atoms with van der Waals surface area (Å²) >= 11 is 0. The van der Waals surface area contributed by atoms with E-state index in [1.165, 1.54) is 16.7 Å². The summed E-state index contributed by atoms with van der Waals surface area (Å²) in [6, 6.07) is 25.9. The molecule has 1 heterocycles. The molecule has 0 saturated carbocycles. The highest BCUT2D eigenvalue weighted by Crippen LogP contribution is 2.29. The van der Waals surface area contributed by atoms with E-state index in [0.717, 1.165) is 30.5 Å². The normalized spacial score (nSPS) is 14.9. The van der Waals surface area contributed by atoms with Crippen LogP contribution in [0.5, 0.6) is 0 Å². The van der Waals surface area contributed by atoms with Crippen molar-refractivity contribution < 1.29 is 4.79 Å². The maximum absolute atomic E-state index is 12.9. The van der Waals surface area contributed by atoms with Crippen LogP contribution in [-0.4, -0.2) is 15.9 Å². The summed E-state index contributed by atoms with van der Waals surface area (Å²) in [7, 11) is 0. The lowest BCUT2D eigenvalue weighted by atomic mass is 9.87. The van der Waals surface area contributed by atoms with E-state index in [1.54, 1.807) is 6.20 Å². The molecule has 5 heteroatoms. The fourth-order valence-electron chi connectivity index (χ4n) is 4.27. The van der Waals surface area contributed by atoms with Crippen molar-refractivity contribution in [1.29, 1.82) is 0 Å². The predicted molar refractivity (Wildman–Crippen MR) is 132 cm³/mol. The SMILES string of the molecule is Cc1ccc(-c2nccc(Nc3ccc(C(=O)N[C@@H]4CCCc5ccccc54)cc3)n2)cc1. The quantitative estimate of drug-likeness (QED) is 0.404. The van der Waals surface area contributed by atoms with Gasteiger partial charge in [-0.15, -0.1) is 0 Å². The van der Waals surface area contributed by atoms with Gasteiger partial charge in [-0.2, -0.15) is 0 Å². The number of benzene rings is 3. The van der Waals surface area contributed by atoms with Gasteiger partial charge >= 0.3 is 0 Å². The van der Waals surface area contributed by atoms with E-state index in [9.17, 15) is 4.79 Å². The topological polar surface area (TPSA) is 66.9 Å². The van der Waals surface area contributed by atoms with Gasteiger partial charge in [0.05, 0.1) is 6.04 Å². The summed E-state index contributed by atoms with van der Waals surface area (Å²) in [5.74, 6) is 1.33. The van der Waals surface area contributed by atoms with Gasteiger partial charge in [-0.05, 0) is 67.6 Å². The number of hydrogen-bond donors (Lipinski definition) is 2. The summed E-state index contributed by atoms with van der Waals surface area (Å²) in [4.78, 5) is 21.9. The molecule has 0 aliphatic heterocycles. The molecule has 5 rings (SSSR count). The zero-order valence-corrected chi connectivity index (χ0v) is 18.6. The van der Waals surface area contributed by atoms with Crippen LogP contribution in [0.2, 0.25) is 0 Å². The molecule has 5 nitrogen and oxygen atoms in total. The number of aryl methyl sites for hydroxylation is 2. The van der Waals surface area contributed by atoms with Crippen molar-refractivity contribution in [1.82, 2.24) is 15.3 Å². The minimum atomic E-state index is -0.0491. The third-order valence-corrected chi connectivity index (χ3v) is 6.06. The van der Waals surface area contributed by atoms with Crippen molar-refractivity contribution in [2.75, 3.05) is 5.32 Å². The summed E-state index contributed by atoms with van der Waals surface area (Å²) in [5, 5.41) is 6.51. The maximum atomic E-state index is 12.9. The summed E-state index contributed by atoms with van der Waals surface area (Å²) < 4.78 is 0. The lowest BCUT2D eigenvalue weighted by Crippen LogP contribution is -2.30. The number of aromatic nitrogens is 2. The van der Waals surface area contributed by atoms with Crippen molar-refractivity contribution >= 4 is 17.4 Å². The van der Waals surface area contributed by atoms with Gasteiger partial charge in [0.15, 0.2) is 5.82 Å². The number of anilines is 2. The smallest absolute Gasteiger partial charge is 0.251 e. The molecule has 1 amide bonds. The molecule has 3 aromatic carbocycles. The highest BCUT2D eigenvalue weighted by atomic mass is 16.1. The van der Waals surface area contributed by atoms with Crippen LogP contribution in [0.15, 0.2) is 85.1 Å².